The molecule has 0 heterocycles. The lowest BCUT2D eigenvalue weighted by molar-refractivity contribution is 0.0714. The number of aliphatic hydroxyl groups is 1. The summed E-state index contributed by atoms with van der Waals surface area (Å²) in [6, 6.07) is 0.358. The maximum atomic E-state index is 8.65. The molecule has 0 bridgehead atoms. The largest absolute Gasteiger partial charge is 0.393 e. The molecule has 0 radical (unpaired) electrons. The Morgan fingerprint density at radius 2 is 2.14 bits per heavy atom. The maximum absolute atomic E-state index is 8.65. The Labute approximate surface area is 47.6 Å². The summed E-state index contributed by atoms with van der Waals surface area (Å²) in [4.78, 5) is 2.54. The van der Waals surface area contributed by atoms with E-state index in [9.17, 15) is 0 Å². The normalized spacial score (nSPS) is 40.3. The Balaban J connectivity index is 2.06. The molecule has 1 aliphatic rings. The van der Waals surface area contributed by atoms with Crippen molar-refractivity contribution in [3.8, 4) is 0 Å². The molecule has 0 saturated heterocycles. The number of halogens is 1. The second-order valence-corrected chi connectivity index (χ2v) is 2.15. The van der Waals surface area contributed by atoms with E-state index in [1.54, 1.807) is 0 Å². The third-order valence-corrected chi connectivity index (χ3v) is 1.58. The summed E-state index contributed by atoms with van der Waals surface area (Å²) in [6.07, 6.45) is 1.52. The van der Waals surface area contributed by atoms with Crippen molar-refractivity contribution in [1.29, 1.82) is 0 Å². The molecule has 1 rings (SSSR count). The number of rotatable bonds is 1. The van der Waals surface area contributed by atoms with Crippen LogP contribution < -0.4 is 4.84 Å². The molecule has 0 spiro atoms. The van der Waals surface area contributed by atoms with E-state index >= 15 is 0 Å². The fraction of sp³-hybridized carbons (Fsp3) is 1.00. The lowest BCUT2D eigenvalue weighted by atomic mass is 9.91. The standard InChI is InChI=1S/C4H8ClNO/c5-6-3-1-4(7)2-3/h3-4,6-7H,1-2H2. The molecule has 0 amide bonds. The molecule has 2 N–H and O–H groups in total. The van der Waals surface area contributed by atoms with E-state index in [0.717, 1.165) is 12.8 Å². The zero-order valence-electron chi connectivity index (χ0n) is 3.89. The summed E-state index contributed by atoms with van der Waals surface area (Å²) < 4.78 is 0. The smallest absolute Gasteiger partial charge is 0.0570 e. The molecule has 0 aliphatic heterocycles. The first kappa shape index (κ1) is 5.35. The monoisotopic (exact) mass is 121 g/mol. The van der Waals surface area contributed by atoms with E-state index < -0.39 is 0 Å². The summed E-state index contributed by atoms with van der Waals surface area (Å²) in [6.45, 7) is 0. The van der Waals surface area contributed by atoms with Gasteiger partial charge in [0.25, 0.3) is 0 Å². The van der Waals surface area contributed by atoms with Crippen LogP contribution in [0.3, 0.4) is 0 Å². The Morgan fingerprint density at radius 1 is 1.57 bits per heavy atom. The van der Waals surface area contributed by atoms with Crippen LogP contribution in [-0.4, -0.2) is 17.3 Å². The van der Waals surface area contributed by atoms with Crippen molar-refractivity contribution in [3.63, 3.8) is 0 Å². The van der Waals surface area contributed by atoms with E-state index in [0.29, 0.717) is 6.04 Å². The molecule has 3 heteroatoms. The third-order valence-electron chi connectivity index (χ3n) is 1.27. The molecule has 42 valence electrons. The maximum Gasteiger partial charge on any atom is 0.0570 e. The van der Waals surface area contributed by atoms with Crippen LogP contribution in [0.25, 0.3) is 0 Å². The van der Waals surface area contributed by atoms with Gasteiger partial charge in [-0.3, -0.25) is 0 Å². The molecule has 2 nitrogen and oxygen atoms in total. The summed E-state index contributed by atoms with van der Waals surface area (Å²) in [7, 11) is 0. The van der Waals surface area contributed by atoms with Gasteiger partial charge in [-0.1, -0.05) is 0 Å². The predicted octanol–water partition coefficient (Wildman–Crippen LogP) is 0.253. The molecule has 1 fully saturated rings. The Kier molecular flexibility index (Phi) is 1.52. The van der Waals surface area contributed by atoms with E-state index in [2.05, 4.69) is 4.84 Å². The fourth-order valence-corrected chi connectivity index (χ4v) is 0.855. The Bertz CT molecular complexity index is 62.7. The van der Waals surface area contributed by atoms with Crippen LogP contribution in [0.1, 0.15) is 12.8 Å². The van der Waals surface area contributed by atoms with Gasteiger partial charge < -0.3 is 5.11 Å². The Hall–Kier alpha value is 0.210. The summed E-state index contributed by atoms with van der Waals surface area (Å²) in [5.74, 6) is 0. The zero-order chi connectivity index (χ0) is 5.28. The highest BCUT2D eigenvalue weighted by atomic mass is 35.5. The van der Waals surface area contributed by atoms with Gasteiger partial charge in [0.05, 0.1) is 6.10 Å². The predicted molar refractivity (Wildman–Crippen MR) is 28.0 cm³/mol. The molecule has 0 aromatic carbocycles. The summed E-state index contributed by atoms with van der Waals surface area (Å²) >= 11 is 5.21. The second kappa shape index (κ2) is 1.99. The van der Waals surface area contributed by atoms with Crippen LogP contribution in [0.15, 0.2) is 0 Å². The van der Waals surface area contributed by atoms with Crippen molar-refractivity contribution in [2.24, 2.45) is 0 Å². The van der Waals surface area contributed by atoms with E-state index in [1.807, 2.05) is 0 Å². The average Bonchev–Trinajstić information content (AvgIpc) is 1.58. The van der Waals surface area contributed by atoms with Gasteiger partial charge in [0.2, 0.25) is 0 Å². The van der Waals surface area contributed by atoms with Crippen molar-refractivity contribution in [1.82, 2.24) is 4.84 Å². The molecule has 0 aromatic rings. The average molecular weight is 122 g/mol. The first-order valence-electron chi connectivity index (χ1n) is 2.37. The van der Waals surface area contributed by atoms with Gasteiger partial charge >= 0.3 is 0 Å². The molecular formula is C4H8ClNO. The van der Waals surface area contributed by atoms with Crippen LogP contribution in [0.4, 0.5) is 0 Å². The van der Waals surface area contributed by atoms with E-state index in [1.165, 1.54) is 0 Å². The van der Waals surface area contributed by atoms with Gasteiger partial charge in [-0.05, 0) is 24.6 Å². The van der Waals surface area contributed by atoms with Gasteiger partial charge in [-0.25, -0.2) is 4.84 Å². The summed E-state index contributed by atoms with van der Waals surface area (Å²) in [5.41, 5.74) is 0. The minimum atomic E-state index is -0.101. The third kappa shape index (κ3) is 1.06. The van der Waals surface area contributed by atoms with Gasteiger partial charge in [-0.15, -0.1) is 0 Å². The quantitative estimate of drug-likeness (QED) is 0.488. The molecular weight excluding hydrogens is 114 g/mol. The van der Waals surface area contributed by atoms with Crippen molar-refractivity contribution < 1.29 is 5.11 Å². The molecule has 0 atom stereocenters. The lowest BCUT2D eigenvalue weighted by Gasteiger charge is -2.29. The molecule has 0 aromatic heterocycles. The molecule has 1 saturated carbocycles. The minimum Gasteiger partial charge on any atom is -0.393 e. The van der Waals surface area contributed by atoms with Crippen LogP contribution in [0.5, 0.6) is 0 Å². The first-order valence-corrected chi connectivity index (χ1v) is 2.75. The van der Waals surface area contributed by atoms with Crippen LogP contribution in [-0.2, 0) is 0 Å². The van der Waals surface area contributed by atoms with Crippen molar-refractivity contribution >= 4 is 11.8 Å². The van der Waals surface area contributed by atoms with Gasteiger partial charge in [0, 0.05) is 6.04 Å². The van der Waals surface area contributed by atoms with Crippen LogP contribution >= 0.6 is 11.8 Å². The minimum absolute atomic E-state index is 0.101. The molecule has 1 aliphatic carbocycles. The molecule has 7 heavy (non-hydrogen) atoms. The second-order valence-electron chi connectivity index (χ2n) is 1.93. The van der Waals surface area contributed by atoms with Crippen molar-refractivity contribution in [2.75, 3.05) is 0 Å². The summed E-state index contributed by atoms with van der Waals surface area (Å²) in [5, 5.41) is 8.65. The molecule has 0 unspecified atom stereocenters. The number of nitrogens with one attached hydrogen (secondary N) is 1. The van der Waals surface area contributed by atoms with Crippen LogP contribution in [0, 0.1) is 0 Å². The van der Waals surface area contributed by atoms with E-state index in [4.69, 9.17) is 16.9 Å². The highest BCUT2D eigenvalue weighted by molar-refractivity contribution is 6.13. The zero-order valence-corrected chi connectivity index (χ0v) is 4.65. The lowest BCUT2D eigenvalue weighted by Crippen LogP contribution is -2.39. The van der Waals surface area contributed by atoms with Crippen molar-refractivity contribution in [2.45, 2.75) is 25.0 Å². The van der Waals surface area contributed by atoms with Gasteiger partial charge in [0.15, 0.2) is 0 Å². The van der Waals surface area contributed by atoms with Crippen molar-refractivity contribution in [3.05, 3.63) is 0 Å². The SMILES string of the molecule is OC1CC(NCl)C1. The number of hydrogen-bond acceptors (Lipinski definition) is 2. The topological polar surface area (TPSA) is 32.3 Å². The fourth-order valence-electron chi connectivity index (χ4n) is 0.677. The van der Waals surface area contributed by atoms with Crippen LogP contribution in [0.2, 0.25) is 0 Å². The first-order chi connectivity index (χ1) is 3.33. The van der Waals surface area contributed by atoms with Gasteiger partial charge in [0.1, 0.15) is 0 Å². The number of aliphatic hydroxyl groups excluding tert-OH is 1. The Morgan fingerprint density at radius 3 is 2.29 bits per heavy atom. The number of hydrogen-bond donors (Lipinski definition) is 2. The highest BCUT2D eigenvalue weighted by Gasteiger charge is 2.25. The van der Waals surface area contributed by atoms with E-state index in [-0.39, 0.29) is 6.10 Å². The highest BCUT2D eigenvalue weighted by Crippen LogP contribution is 2.19. The van der Waals surface area contributed by atoms with Gasteiger partial charge in [-0.2, -0.15) is 0 Å².